The van der Waals surface area contributed by atoms with Gasteiger partial charge >= 0.3 is 0 Å². The minimum atomic E-state index is -0.298. The number of ether oxygens (including phenoxy) is 1. The lowest BCUT2D eigenvalue weighted by Crippen LogP contribution is -2.25. The Balaban J connectivity index is 2.48. The second-order valence-electron chi connectivity index (χ2n) is 3.82. The van der Waals surface area contributed by atoms with Crippen molar-refractivity contribution in [1.82, 2.24) is 10.3 Å². The van der Waals surface area contributed by atoms with Crippen molar-refractivity contribution in [1.29, 1.82) is 0 Å². The van der Waals surface area contributed by atoms with Crippen molar-refractivity contribution < 1.29 is 14.3 Å². The number of carbonyl (C=O) groups excluding carboxylic acids is 2. The minimum absolute atomic E-state index is 0.00615. The molecule has 0 atom stereocenters. The molecule has 1 N–H and O–H groups in total. The van der Waals surface area contributed by atoms with Gasteiger partial charge in [0.05, 0.1) is 18.7 Å². The van der Waals surface area contributed by atoms with Crippen LogP contribution < -0.4 is 10.1 Å². The Kier molecular flexibility index (Phi) is 4.07. The van der Waals surface area contributed by atoms with Crippen LogP contribution in [0.15, 0.2) is 30.5 Å². The van der Waals surface area contributed by atoms with Gasteiger partial charge in [0.2, 0.25) is 0 Å². The zero-order valence-electron chi connectivity index (χ0n) is 10.6. The highest BCUT2D eigenvalue weighted by molar-refractivity contribution is 6.07. The Bertz CT molecular complexity index is 611. The summed E-state index contributed by atoms with van der Waals surface area (Å²) < 4.78 is 5.48. The van der Waals surface area contributed by atoms with Crippen molar-refractivity contribution in [2.24, 2.45) is 0 Å². The highest BCUT2D eigenvalue weighted by Gasteiger charge is 2.12. The molecule has 98 valence electrons. The van der Waals surface area contributed by atoms with Gasteiger partial charge in [0.1, 0.15) is 17.6 Å². The molecule has 0 spiro atoms. The number of carbonyl (C=O) groups is 2. The molecule has 0 aliphatic heterocycles. The molecule has 1 heterocycles. The molecule has 0 saturated carbocycles. The maximum atomic E-state index is 11.9. The molecule has 1 aromatic carbocycles. The van der Waals surface area contributed by atoms with E-state index in [4.69, 9.17) is 4.74 Å². The third-order valence-electron chi connectivity index (χ3n) is 2.62. The van der Waals surface area contributed by atoms with Gasteiger partial charge in [-0.05, 0) is 19.1 Å². The molecule has 1 amide bonds. The van der Waals surface area contributed by atoms with Gasteiger partial charge in [-0.25, -0.2) is 0 Å². The molecule has 5 nitrogen and oxygen atoms in total. The first-order valence-corrected chi connectivity index (χ1v) is 6.00. The van der Waals surface area contributed by atoms with Crippen molar-refractivity contribution in [3.05, 3.63) is 36.0 Å². The van der Waals surface area contributed by atoms with E-state index < -0.39 is 0 Å². The van der Waals surface area contributed by atoms with Crippen LogP contribution in [-0.2, 0) is 4.79 Å². The lowest BCUT2D eigenvalue weighted by molar-refractivity contribution is -0.107. The van der Waals surface area contributed by atoms with Gasteiger partial charge in [0.15, 0.2) is 0 Å². The number of hydrogen-bond acceptors (Lipinski definition) is 4. The van der Waals surface area contributed by atoms with E-state index in [1.54, 1.807) is 18.3 Å². The average Bonchev–Trinajstić information content (AvgIpc) is 2.45. The zero-order valence-corrected chi connectivity index (χ0v) is 10.6. The molecule has 0 fully saturated rings. The SMILES string of the molecule is CCOc1cccc2c(C(=O)NCC=O)ccnc12. The number of aldehydes is 1. The predicted molar refractivity (Wildman–Crippen MR) is 71.3 cm³/mol. The minimum Gasteiger partial charge on any atom is -0.492 e. The quantitative estimate of drug-likeness (QED) is 0.826. The number of rotatable bonds is 5. The Labute approximate surface area is 110 Å². The topological polar surface area (TPSA) is 68.3 Å². The number of para-hydroxylation sites is 1. The summed E-state index contributed by atoms with van der Waals surface area (Å²) in [5.74, 6) is 0.346. The number of fused-ring (bicyclic) bond motifs is 1. The van der Waals surface area contributed by atoms with Crippen LogP contribution in [0.5, 0.6) is 5.75 Å². The lowest BCUT2D eigenvalue weighted by atomic mass is 10.1. The molecule has 19 heavy (non-hydrogen) atoms. The van der Waals surface area contributed by atoms with E-state index in [1.165, 1.54) is 0 Å². The highest BCUT2D eigenvalue weighted by Crippen LogP contribution is 2.25. The fourth-order valence-corrected chi connectivity index (χ4v) is 1.85. The van der Waals surface area contributed by atoms with Crippen molar-refractivity contribution in [3.63, 3.8) is 0 Å². The predicted octanol–water partition coefficient (Wildman–Crippen LogP) is 1.56. The summed E-state index contributed by atoms with van der Waals surface area (Å²) in [7, 11) is 0. The summed E-state index contributed by atoms with van der Waals surface area (Å²) in [5, 5.41) is 3.22. The number of amides is 1. The summed E-state index contributed by atoms with van der Waals surface area (Å²) in [5.41, 5.74) is 1.12. The number of aromatic nitrogens is 1. The summed E-state index contributed by atoms with van der Waals surface area (Å²) in [6, 6.07) is 7.05. The van der Waals surface area contributed by atoms with E-state index in [0.717, 1.165) is 0 Å². The van der Waals surface area contributed by atoms with Crippen LogP contribution in [-0.4, -0.2) is 30.3 Å². The maximum absolute atomic E-state index is 11.9. The first-order chi connectivity index (χ1) is 9.27. The third-order valence-corrected chi connectivity index (χ3v) is 2.62. The van der Waals surface area contributed by atoms with Crippen LogP contribution in [0.25, 0.3) is 10.9 Å². The Hall–Kier alpha value is -2.43. The number of benzene rings is 1. The molecule has 0 aliphatic carbocycles. The number of hydrogen-bond donors (Lipinski definition) is 1. The first kappa shape index (κ1) is 13.0. The van der Waals surface area contributed by atoms with Crippen LogP contribution >= 0.6 is 0 Å². The van der Waals surface area contributed by atoms with Crippen molar-refractivity contribution in [3.8, 4) is 5.75 Å². The van der Waals surface area contributed by atoms with E-state index >= 15 is 0 Å². The van der Waals surface area contributed by atoms with Crippen LogP contribution in [0.2, 0.25) is 0 Å². The molecule has 0 aliphatic rings. The highest BCUT2D eigenvalue weighted by atomic mass is 16.5. The van der Waals surface area contributed by atoms with Gasteiger partial charge in [0.25, 0.3) is 5.91 Å². The number of nitrogens with one attached hydrogen (secondary N) is 1. The van der Waals surface area contributed by atoms with Gasteiger partial charge in [-0.2, -0.15) is 0 Å². The molecule has 2 rings (SSSR count). The summed E-state index contributed by atoms with van der Waals surface area (Å²) >= 11 is 0. The van der Waals surface area contributed by atoms with Crippen LogP contribution in [0, 0.1) is 0 Å². The van der Waals surface area contributed by atoms with Gasteiger partial charge < -0.3 is 14.8 Å². The Morgan fingerprint density at radius 1 is 1.42 bits per heavy atom. The van der Waals surface area contributed by atoms with E-state index in [0.29, 0.717) is 35.1 Å². The smallest absolute Gasteiger partial charge is 0.252 e. The third kappa shape index (κ3) is 2.70. The summed E-state index contributed by atoms with van der Waals surface area (Å²) in [4.78, 5) is 26.5. The van der Waals surface area contributed by atoms with Gasteiger partial charge in [-0.1, -0.05) is 12.1 Å². The van der Waals surface area contributed by atoms with Crippen LogP contribution in [0.4, 0.5) is 0 Å². The fourth-order valence-electron chi connectivity index (χ4n) is 1.85. The second kappa shape index (κ2) is 5.95. The monoisotopic (exact) mass is 258 g/mol. The molecular weight excluding hydrogens is 244 g/mol. The van der Waals surface area contributed by atoms with Gasteiger partial charge in [-0.15, -0.1) is 0 Å². The Morgan fingerprint density at radius 3 is 3.00 bits per heavy atom. The molecule has 1 aromatic heterocycles. The van der Waals surface area contributed by atoms with Crippen LogP contribution in [0.3, 0.4) is 0 Å². The normalized spacial score (nSPS) is 10.2. The molecule has 0 saturated heterocycles. The number of pyridine rings is 1. The van der Waals surface area contributed by atoms with Crippen molar-refractivity contribution in [2.75, 3.05) is 13.2 Å². The first-order valence-electron chi connectivity index (χ1n) is 6.00. The van der Waals surface area contributed by atoms with E-state index in [1.807, 2.05) is 19.1 Å². The van der Waals surface area contributed by atoms with E-state index in [-0.39, 0.29) is 12.5 Å². The standard InChI is InChI=1S/C14H14N2O3/c1-2-19-12-5-3-4-10-11(6-7-15-13(10)12)14(18)16-8-9-17/h3-7,9H,2,8H2,1H3,(H,16,18). The fraction of sp³-hybridized carbons (Fsp3) is 0.214. The van der Waals surface area contributed by atoms with Gasteiger partial charge in [0, 0.05) is 11.6 Å². The average molecular weight is 258 g/mol. The molecule has 0 bridgehead atoms. The van der Waals surface area contributed by atoms with E-state index in [9.17, 15) is 9.59 Å². The summed E-state index contributed by atoms with van der Waals surface area (Å²) in [6.45, 7) is 2.41. The van der Waals surface area contributed by atoms with Gasteiger partial charge in [-0.3, -0.25) is 9.78 Å². The van der Waals surface area contributed by atoms with E-state index in [2.05, 4.69) is 10.3 Å². The molecule has 5 heteroatoms. The van der Waals surface area contributed by atoms with Crippen molar-refractivity contribution >= 4 is 23.1 Å². The summed E-state index contributed by atoms with van der Waals surface area (Å²) in [6.07, 6.45) is 2.20. The van der Waals surface area contributed by atoms with Crippen LogP contribution in [0.1, 0.15) is 17.3 Å². The molecule has 0 radical (unpaired) electrons. The van der Waals surface area contributed by atoms with Crippen molar-refractivity contribution in [2.45, 2.75) is 6.92 Å². The lowest BCUT2D eigenvalue weighted by Gasteiger charge is -2.09. The zero-order chi connectivity index (χ0) is 13.7. The maximum Gasteiger partial charge on any atom is 0.252 e. The molecule has 2 aromatic rings. The molecule has 0 unspecified atom stereocenters. The number of nitrogens with zero attached hydrogens (tertiary/aromatic N) is 1. The Morgan fingerprint density at radius 2 is 2.26 bits per heavy atom. The second-order valence-corrected chi connectivity index (χ2v) is 3.82. The molecular formula is C14H14N2O3. The largest absolute Gasteiger partial charge is 0.492 e.